The third-order valence-corrected chi connectivity index (χ3v) is 3.54. The van der Waals surface area contributed by atoms with E-state index in [4.69, 9.17) is 18.0 Å². The van der Waals surface area contributed by atoms with Gasteiger partial charge in [-0.2, -0.15) is 0 Å². The summed E-state index contributed by atoms with van der Waals surface area (Å²) in [6.45, 7) is 6.89. The van der Waals surface area contributed by atoms with E-state index < -0.39 is 0 Å². The molecule has 2 N–H and O–H groups in total. The van der Waals surface area contributed by atoms with Gasteiger partial charge < -0.3 is 15.5 Å². The van der Waals surface area contributed by atoms with Crippen LogP contribution < -0.4 is 5.73 Å². The standard InChI is InChI=1S/C11H23N3S/c1-3-14-8-4-10(5-9-14)13(2)7-6-11(12)15/h10H,3-9H2,1-2H3,(H2,12,15). The van der Waals surface area contributed by atoms with Gasteiger partial charge in [-0.3, -0.25) is 0 Å². The largest absolute Gasteiger partial charge is 0.393 e. The Labute approximate surface area is 98.6 Å². The summed E-state index contributed by atoms with van der Waals surface area (Å²) in [6, 6.07) is 0.724. The van der Waals surface area contributed by atoms with E-state index in [0.29, 0.717) is 4.99 Å². The average Bonchev–Trinajstić information content (AvgIpc) is 2.26. The van der Waals surface area contributed by atoms with E-state index in [0.717, 1.165) is 19.0 Å². The van der Waals surface area contributed by atoms with Crippen LogP contribution in [0.5, 0.6) is 0 Å². The van der Waals surface area contributed by atoms with Crippen LogP contribution >= 0.6 is 12.2 Å². The molecule has 4 heteroatoms. The zero-order chi connectivity index (χ0) is 11.3. The minimum absolute atomic E-state index is 0.632. The molecule has 15 heavy (non-hydrogen) atoms. The molecular formula is C11H23N3S. The molecular weight excluding hydrogens is 206 g/mol. The molecule has 0 bridgehead atoms. The molecule has 1 heterocycles. The molecule has 0 aromatic rings. The summed E-state index contributed by atoms with van der Waals surface area (Å²) in [5.41, 5.74) is 5.51. The van der Waals surface area contributed by atoms with Crippen molar-refractivity contribution in [1.29, 1.82) is 0 Å². The summed E-state index contributed by atoms with van der Waals surface area (Å²) < 4.78 is 0. The Hall–Kier alpha value is -0.190. The molecule has 1 aliphatic heterocycles. The first-order valence-corrected chi connectivity index (χ1v) is 6.25. The van der Waals surface area contributed by atoms with Crippen molar-refractivity contribution in [3.63, 3.8) is 0 Å². The zero-order valence-corrected chi connectivity index (χ0v) is 10.7. The summed E-state index contributed by atoms with van der Waals surface area (Å²) >= 11 is 4.90. The maximum Gasteiger partial charge on any atom is 0.0740 e. The first kappa shape index (κ1) is 12.9. The van der Waals surface area contributed by atoms with Crippen LogP contribution in [0.25, 0.3) is 0 Å². The van der Waals surface area contributed by atoms with Crippen molar-refractivity contribution in [2.45, 2.75) is 32.2 Å². The summed E-state index contributed by atoms with van der Waals surface area (Å²) in [5.74, 6) is 0. The minimum atomic E-state index is 0.632. The Morgan fingerprint density at radius 2 is 2.07 bits per heavy atom. The lowest BCUT2D eigenvalue weighted by Crippen LogP contribution is -2.43. The molecule has 0 atom stereocenters. The molecule has 0 radical (unpaired) electrons. The summed E-state index contributed by atoms with van der Waals surface area (Å²) in [7, 11) is 2.19. The Bertz CT molecular complexity index is 200. The number of piperidine rings is 1. The van der Waals surface area contributed by atoms with Gasteiger partial charge in [0, 0.05) is 19.0 Å². The summed E-state index contributed by atoms with van der Waals surface area (Å²) in [5, 5.41) is 0. The third-order valence-electron chi connectivity index (χ3n) is 3.34. The van der Waals surface area contributed by atoms with Crippen LogP contribution in [-0.4, -0.2) is 54.1 Å². The van der Waals surface area contributed by atoms with Crippen LogP contribution in [0, 0.1) is 0 Å². The molecule has 1 rings (SSSR count). The molecule has 1 saturated heterocycles. The Kier molecular flexibility index (Phi) is 5.50. The van der Waals surface area contributed by atoms with Crippen LogP contribution in [0.1, 0.15) is 26.2 Å². The summed E-state index contributed by atoms with van der Waals surface area (Å²) in [4.78, 5) is 5.55. The van der Waals surface area contributed by atoms with Gasteiger partial charge >= 0.3 is 0 Å². The number of hydrogen-bond donors (Lipinski definition) is 1. The molecule has 0 aliphatic carbocycles. The molecule has 0 aromatic heterocycles. The van der Waals surface area contributed by atoms with E-state index in [9.17, 15) is 0 Å². The van der Waals surface area contributed by atoms with Gasteiger partial charge in [-0.15, -0.1) is 0 Å². The van der Waals surface area contributed by atoms with Crippen molar-refractivity contribution >= 4 is 17.2 Å². The molecule has 1 aliphatic rings. The van der Waals surface area contributed by atoms with Crippen molar-refractivity contribution in [2.75, 3.05) is 33.2 Å². The van der Waals surface area contributed by atoms with Gasteiger partial charge in [0.15, 0.2) is 0 Å². The monoisotopic (exact) mass is 229 g/mol. The van der Waals surface area contributed by atoms with Crippen LogP contribution in [0.4, 0.5) is 0 Å². The van der Waals surface area contributed by atoms with Crippen molar-refractivity contribution in [2.24, 2.45) is 5.73 Å². The fraction of sp³-hybridized carbons (Fsp3) is 0.909. The highest BCUT2D eigenvalue weighted by atomic mass is 32.1. The van der Waals surface area contributed by atoms with Gasteiger partial charge in [0.25, 0.3) is 0 Å². The fourth-order valence-electron chi connectivity index (χ4n) is 2.15. The van der Waals surface area contributed by atoms with E-state index in [-0.39, 0.29) is 0 Å². The smallest absolute Gasteiger partial charge is 0.0740 e. The molecule has 3 nitrogen and oxygen atoms in total. The molecule has 1 fully saturated rings. The maximum absolute atomic E-state index is 5.51. The minimum Gasteiger partial charge on any atom is -0.393 e. The van der Waals surface area contributed by atoms with Crippen molar-refractivity contribution < 1.29 is 0 Å². The number of hydrogen-bond acceptors (Lipinski definition) is 3. The predicted molar refractivity (Wildman–Crippen MR) is 69.2 cm³/mol. The summed E-state index contributed by atoms with van der Waals surface area (Å²) in [6.07, 6.45) is 3.41. The second kappa shape index (κ2) is 6.40. The van der Waals surface area contributed by atoms with Crippen LogP contribution in [0.3, 0.4) is 0 Å². The predicted octanol–water partition coefficient (Wildman–Crippen LogP) is 1.08. The number of nitrogens with zero attached hydrogens (tertiary/aromatic N) is 2. The van der Waals surface area contributed by atoms with E-state index >= 15 is 0 Å². The maximum atomic E-state index is 5.51. The fourth-order valence-corrected chi connectivity index (χ4v) is 2.24. The quantitative estimate of drug-likeness (QED) is 0.715. The lowest BCUT2D eigenvalue weighted by Gasteiger charge is -2.36. The number of rotatable bonds is 5. The van der Waals surface area contributed by atoms with E-state index in [1.165, 1.54) is 32.5 Å². The molecule has 0 saturated carbocycles. The van der Waals surface area contributed by atoms with E-state index in [1.807, 2.05) is 0 Å². The van der Waals surface area contributed by atoms with Gasteiger partial charge in [-0.25, -0.2) is 0 Å². The van der Waals surface area contributed by atoms with Crippen molar-refractivity contribution in [1.82, 2.24) is 9.80 Å². The second-order valence-corrected chi connectivity index (χ2v) is 4.89. The van der Waals surface area contributed by atoms with Crippen LogP contribution in [0.2, 0.25) is 0 Å². The number of likely N-dealkylation sites (tertiary alicyclic amines) is 1. The molecule has 0 unspecified atom stereocenters. The molecule has 0 spiro atoms. The third kappa shape index (κ3) is 4.45. The first-order chi connectivity index (χ1) is 7.13. The molecule has 0 amide bonds. The SMILES string of the molecule is CCN1CCC(N(C)CCC(N)=S)CC1. The number of thiocarbonyl (C=S) groups is 1. The highest BCUT2D eigenvalue weighted by Gasteiger charge is 2.21. The average molecular weight is 229 g/mol. The van der Waals surface area contributed by atoms with E-state index in [1.54, 1.807) is 0 Å². The van der Waals surface area contributed by atoms with Gasteiger partial charge in [0.05, 0.1) is 4.99 Å². The Balaban J connectivity index is 2.23. The lowest BCUT2D eigenvalue weighted by atomic mass is 10.0. The Morgan fingerprint density at radius 1 is 1.47 bits per heavy atom. The first-order valence-electron chi connectivity index (χ1n) is 5.84. The topological polar surface area (TPSA) is 32.5 Å². The molecule has 88 valence electrons. The van der Waals surface area contributed by atoms with Gasteiger partial charge in [0.1, 0.15) is 0 Å². The highest BCUT2D eigenvalue weighted by Crippen LogP contribution is 2.15. The van der Waals surface area contributed by atoms with Crippen LogP contribution in [0.15, 0.2) is 0 Å². The lowest BCUT2D eigenvalue weighted by molar-refractivity contribution is 0.134. The van der Waals surface area contributed by atoms with Gasteiger partial charge in [0.2, 0.25) is 0 Å². The highest BCUT2D eigenvalue weighted by molar-refractivity contribution is 7.80. The second-order valence-electron chi connectivity index (χ2n) is 4.36. The number of nitrogens with two attached hydrogens (primary N) is 1. The van der Waals surface area contributed by atoms with Gasteiger partial charge in [-0.05, 0) is 39.5 Å². The van der Waals surface area contributed by atoms with E-state index in [2.05, 4.69) is 23.8 Å². The Morgan fingerprint density at radius 3 is 2.53 bits per heavy atom. The zero-order valence-electron chi connectivity index (χ0n) is 9.91. The van der Waals surface area contributed by atoms with Crippen molar-refractivity contribution in [3.05, 3.63) is 0 Å². The normalized spacial score (nSPS) is 19.7. The van der Waals surface area contributed by atoms with Gasteiger partial charge in [-0.1, -0.05) is 19.1 Å². The van der Waals surface area contributed by atoms with Crippen LogP contribution in [-0.2, 0) is 0 Å². The molecule has 0 aromatic carbocycles. The van der Waals surface area contributed by atoms with Crippen molar-refractivity contribution in [3.8, 4) is 0 Å².